The predicted molar refractivity (Wildman–Crippen MR) is 113 cm³/mol. The van der Waals surface area contributed by atoms with Crippen LogP contribution in [0.1, 0.15) is 18.1 Å². The molecule has 0 aliphatic rings. The number of carbonyl (C=O) groups is 1. The highest BCUT2D eigenvalue weighted by Crippen LogP contribution is 2.31. The molecule has 0 aliphatic heterocycles. The number of non-ortho nitro benzene ring substituents is 1. The Morgan fingerprint density at radius 3 is 2.27 bits per heavy atom. The summed E-state index contributed by atoms with van der Waals surface area (Å²) in [6.45, 7) is 4.26. The Morgan fingerprint density at radius 1 is 1.10 bits per heavy atom. The van der Waals surface area contributed by atoms with Crippen LogP contribution in [0.4, 0.5) is 11.4 Å². The van der Waals surface area contributed by atoms with Crippen LogP contribution in [0.25, 0.3) is 0 Å². The number of carbonyl (C=O) groups excluding carboxylic acids is 1. The smallest absolute Gasteiger partial charge is 0.273 e. The Labute approximate surface area is 175 Å². The molecule has 0 heterocycles. The van der Waals surface area contributed by atoms with E-state index < -0.39 is 11.0 Å². The molecule has 0 saturated heterocycles. The lowest BCUT2D eigenvalue weighted by Crippen LogP contribution is -2.39. The van der Waals surface area contributed by atoms with Gasteiger partial charge in [0.05, 0.1) is 44.0 Å². The van der Waals surface area contributed by atoms with E-state index in [0.717, 1.165) is 11.1 Å². The summed E-state index contributed by atoms with van der Waals surface area (Å²) in [7, 11) is 6.40. The molecule has 1 N–H and O–H groups in total. The predicted octanol–water partition coefficient (Wildman–Crippen LogP) is 3.39. The minimum Gasteiger partial charge on any atom is -0.494 e. The highest BCUT2D eigenvalue weighted by molar-refractivity contribution is 5.96. The van der Waals surface area contributed by atoms with Crippen LogP contribution in [0, 0.1) is 17.0 Å². The summed E-state index contributed by atoms with van der Waals surface area (Å²) in [5, 5.41) is 13.7. The standard InChI is InChI=1S/C21H27N3O6/c1-13-9-19(29-5)20(30-6)10-15(13)12-23(3)14(2)21(25)22-17-8-7-16(24(26)27)11-18(17)28-4/h7-11,14H,12H2,1-6H3,(H,22,25)/t14-/m1/s1. The van der Waals surface area contributed by atoms with Crippen molar-refractivity contribution in [3.63, 3.8) is 0 Å². The van der Waals surface area contributed by atoms with Gasteiger partial charge in [-0.3, -0.25) is 19.8 Å². The van der Waals surface area contributed by atoms with Gasteiger partial charge >= 0.3 is 0 Å². The average molecular weight is 417 g/mol. The zero-order valence-electron chi connectivity index (χ0n) is 18.0. The van der Waals surface area contributed by atoms with Crippen molar-refractivity contribution in [1.29, 1.82) is 0 Å². The molecule has 2 aromatic carbocycles. The summed E-state index contributed by atoms with van der Waals surface area (Å²) < 4.78 is 15.9. The number of aryl methyl sites for hydroxylation is 1. The first-order valence-corrected chi connectivity index (χ1v) is 9.26. The molecule has 30 heavy (non-hydrogen) atoms. The fraction of sp³-hybridized carbons (Fsp3) is 0.381. The fourth-order valence-electron chi connectivity index (χ4n) is 2.93. The van der Waals surface area contributed by atoms with Gasteiger partial charge in [-0.2, -0.15) is 0 Å². The number of nitro groups is 1. The first-order valence-electron chi connectivity index (χ1n) is 9.26. The minimum atomic E-state index is -0.518. The van der Waals surface area contributed by atoms with Crippen LogP contribution in [0.3, 0.4) is 0 Å². The Hall–Kier alpha value is -3.33. The van der Waals surface area contributed by atoms with Crippen LogP contribution < -0.4 is 19.5 Å². The number of nitrogens with one attached hydrogen (secondary N) is 1. The third-order valence-corrected chi connectivity index (χ3v) is 4.96. The number of methoxy groups -OCH3 is 3. The Balaban J connectivity index is 2.14. The molecule has 0 radical (unpaired) electrons. The molecular formula is C21H27N3O6. The molecule has 0 spiro atoms. The molecule has 0 unspecified atom stereocenters. The van der Waals surface area contributed by atoms with Crippen LogP contribution in [-0.2, 0) is 11.3 Å². The number of anilines is 1. The molecular weight excluding hydrogens is 390 g/mol. The van der Waals surface area contributed by atoms with Crippen molar-refractivity contribution in [2.24, 2.45) is 0 Å². The maximum atomic E-state index is 12.8. The largest absolute Gasteiger partial charge is 0.494 e. The Morgan fingerprint density at radius 2 is 1.70 bits per heavy atom. The molecule has 0 saturated carbocycles. The first kappa shape index (κ1) is 23.0. The zero-order chi connectivity index (χ0) is 22.4. The van der Waals surface area contributed by atoms with E-state index in [-0.39, 0.29) is 17.3 Å². The van der Waals surface area contributed by atoms with Crippen LogP contribution in [0.15, 0.2) is 30.3 Å². The molecule has 2 rings (SSSR count). The Kier molecular flexibility index (Phi) is 7.60. The van der Waals surface area contributed by atoms with Gasteiger partial charge in [0, 0.05) is 12.6 Å². The van der Waals surface area contributed by atoms with E-state index in [9.17, 15) is 14.9 Å². The number of hydrogen-bond acceptors (Lipinski definition) is 7. The van der Waals surface area contributed by atoms with Gasteiger partial charge in [0.1, 0.15) is 5.75 Å². The highest BCUT2D eigenvalue weighted by Gasteiger charge is 2.22. The molecule has 0 bridgehead atoms. The number of ether oxygens (including phenoxy) is 3. The van der Waals surface area contributed by atoms with Gasteiger partial charge in [-0.15, -0.1) is 0 Å². The number of amides is 1. The number of likely N-dealkylation sites (N-methyl/N-ethyl adjacent to an activating group) is 1. The third-order valence-electron chi connectivity index (χ3n) is 4.96. The molecule has 2 aromatic rings. The molecule has 0 aromatic heterocycles. The van der Waals surface area contributed by atoms with Gasteiger partial charge in [-0.05, 0) is 50.2 Å². The summed E-state index contributed by atoms with van der Waals surface area (Å²) in [6.07, 6.45) is 0. The van der Waals surface area contributed by atoms with E-state index in [1.54, 1.807) is 21.1 Å². The van der Waals surface area contributed by atoms with E-state index in [1.807, 2.05) is 31.0 Å². The maximum Gasteiger partial charge on any atom is 0.273 e. The molecule has 162 valence electrons. The van der Waals surface area contributed by atoms with Gasteiger partial charge in [0.2, 0.25) is 5.91 Å². The SMILES string of the molecule is COc1cc([N+](=O)[O-])ccc1NC(=O)[C@@H](C)N(C)Cc1cc(OC)c(OC)cc1C. The molecule has 1 atom stereocenters. The van der Waals surface area contributed by atoms with E-state index in [1.165, 1.54) is 25.3 Å². The summed E-state index contributed by atoms with van der Waals surface area (Å²) in [5.41, 5.74) is 2.28. The van der Waals surface area contributed by atoms with Crippen molar-refractivity contribution in [2.75, 3.05) is 33.7 Å². The maximum absolute atomic E-state index is 12.8. The van der Waals surface area contributed by atoms with E-state index in [0.29, 0.717) is 23.7 Å². The third kappa shape index (κ3) is 5.18. The highest BCUT2D eigenvalue weighted by atomic mass is 16.6. The number of hydrogen-bond donors (Lipinski definition) is 1. The second-order valence-electron chi connectivity index (χ2n) is 6.86. The average Bonchev–Trinajstić information content (AvgIpc) is 2.73. The number of rotatable bonds is 9. The van der Waals surface area contributed by atoms with Crippen molar-refractivity contribution in [2.45, 2.75) is 26.4 Å². The van der Waals surface area contributed by atoms with Gasteiger partial charge < -0.3 is 19.5 Å². The monoisotopic (exact) mass is 417 g/mol. The molecule has 9 nitrogen and oxygen atoms in total. The molecule has 1 amide bonds. The zero-order valence-corrected chi connectivity index (χ0v) is 18.0. The summed E-state index contributed by atoms with van der Waals surface area (Å²) in [4.78, 5) is 25.1. The van der Waals surface area contributed by atoms with Crippen molar-refractivity contribution in [1.82, 2.24) is 4.90 Å². The van der Waals surface area contributed by atoms with Gasteiger partial charge in [0.25, 0.3) is 5.69 Å². The first-order chi connectivity index (χ1) is 14.2. The number of nitro benzene ring substituents is 1. The van der Waals surface area contributed by atoms with Crippen molar-refractivity contribution < 1.29 is 23.9 Å². The molecule has 0 fully saturated rings. The lowest BCUT2D eigenvalue weighted by Gasteiger charge is -2.25. The van der Waals surface area contributed by atoms with Crippen LogP contribution in [0.5, 0.6) is 17.2 Å². The fourth-order valence-corrected chi connectivity index (χ4v) is 2.93. The van der Waals surface area contributed by atoms with E-state index >= 15 is 0 Å². The number of nitrogens with zero attached hydrogens (tertiary/aromatic N) is 2. The van der Waals surface area contributed by atoms with Crippen molar-refractivity contribution in [3.8, 4) is 17.2 Å². The van der Waals surface area contributed by atoms with E-state index in [4.69, 9.17) is 14.2 Å². The van der Waals surface area contributed by atoms with Gasteiger partial charge in [-0.1, -0.05) is 0 Å². The molecule has 0 aliphatic carbocycles. The lowest BCUT2D eigenvalue weighted by atomic mass is 10.1. The second-order valence-corrected chi connectivity index (χ2v) is 6.86. The normalized spacial score (nSPS) is 11.7. The van der Waals surface area contributed by atoms with Gasteiger partial charge in [-0.25, -0.2) is 0 Å². The number of benzene rings is 2. The van der Waals surface area contributed by atoms with Crippen molar-refractivity contribution in [3.05, 3.63) is 51.6 Å². The Bertz CT molecular complexity index is 931. The van der Waals surface area contributed by atoms with Crippen LogP contribution in [0.2, 0.25) is 0 Å². The second kappa shape index (κ2) is 9.93. The lowest BCUT2D eigenvalue weighted by molar-refractivity contribution is -0.384. The summed E-state index contributed by atoms with van der Waals surface area (Å²) in [5.74, 6) is 1.24. The van der Waals surface area contributed by atoms with Crippen LogP contribution in [-0.4, -0.2) is 50.1 Å². The van der Waals surface area contributed by atoms with Crippen LogP contribution >= 0.6 is 0 Å². The molecule has 9 heteroatoms. The minimum absolute atomic E-state index is 0.112. The topological polar surface area (TPSA) is 103 Å². The van der Waals surface area contributed by atoms with Crippen molar-refractivity contribution >= 4 is 17.3 Å². The van der Waals surface area contributed by atoms with E-state index in [2.05, 4.69) is 5.32 Å². The van der Waals surface area contributed by atoms with Gasteiger partial charge in [0.15, 0.2) is 11.5 Å². The summed E-state index contributed by atoms with van der Waals surface area (Å²) >= 11 is 0. The quantitative estimate of drug-likeness (QED) is 0.493. The summed E-state index contributed by atoms with van der Waals surface area (Å²) in [6, 6.07) is 7.37.